The van der Waals surface area contributed by atoms with Crippen LogP contribution < -0.4 is 5.32 Å². The lowest BCUT2D eigenvalue weighted by atomic mass is 9.64. The first kappa shape index (κ1) is 13.1. The first-order chi connectivity index (χ1) is 9.11. The SMILES string of the molecule is CCOC1CC(NC2Cc3ccccc3C2)C1(C)C. The van der Waals surface area contributed by atoms with E-state index in [1.807, 2.05) is 0 Å². The molecule has 1 fully saturated rings. The van der Waals surface area contributed by atoms with Gasteiger partial charge in [0.25, 0.3) is 0 Å². The highest BCUT2D eigenvalue weighted by molar-refractivity contribution is 5.33. The third-order valence-electron chi connectivity index (χ3n) is 5.03. The van der Waals surface area contributed by atoms with Crippen molar-refractivity contribution < 1.29 is 4.74 Å². The molecule has 0 saturated heterocycles. The van der Waals surface area contributed by atoms with Crippen LogP contribution in [0, 0.1) is 5.41 Å². The maximum Gasteiger partial charge on any atom is 0.0655 e. The summed E-state index contributed by atoms with van der Waals surface area (Å²) in [5.41, 5.74) is 3.32. The van der Waals surface area contributed by atoms with Crippen molar-refractivity contribution in [1.82, 2.24) is 5.32 Å². The summed E-state index contributed by atoms with van der Waals surface area (Å²) in [7, 11) is 0. The lowest BCUT2D eigenvalue weighted by Gasteiger charge is -2.52. The Bertz CT molecular complexity index is 429. The number of nitrogens with one attached hydrogen (secondary N) is 1. The third kappa shape index (κ3) is 2.32. The van der Waals surface area contributed by atoms with E-state index in [4.69, 9.17) is 4.74 Å². The van der Waals surface area contributed by atoms with Gasteiger partial charge in [0, 0.05) is 24.1 Å². The zero-order valence-electron chi connectivity index (χ0n) is 12.3. The van der Waals surface area contributed by atoms with Gasteiger partial charge in [-0.05, 0) is 37.3 Å². The highest BCUT2D eigenvalue weighted by Crippen LogP contribution is 2.43. The molecule has 1 N–H and O–H groups in total. The second-order valence-corrected chi connectivity index (χ2v) is 6.59. The summed E-state index contributed by atoms with van der Waals surface area (Å²) in [5.74, 6) is 0. The summed E-state index contributed by atoms with van der Waals surface area (Å²) in [6.07, 6.45) is 3.96. The molecule has 0 aliphatic heterocycles. The van der Waals surface area contributed by atoms with Crippen LogP contribution in [-0.4, -0.2) is 24.8 Å². The molecule has 104 valence electrons. The molecule has 0 bridgehead atoms. The van der Waals surface area contributed by atoms with Crippen molar-refractivity contribution >= 4 is 0 Å². The highest BCUT2D eigenvalue weighted by atomic mass is 16.5. The van der Waals surface area contributed by atoms with E-state index < -0.39 is 0 Å². The monoisotopic (exact) mass is 259 g/mol. The molecule has 0 heterocycles. The molecule has 2 unspecified atom stereocenters. The fourth-order valence-corrected chi connectivity index (χ4v) is 3.61. The van der Waals surface area contributed by atoms with Crippen LogP contribution in [0.5, 0.6) is 0 Å². The Kier molecular flexibility index (Phi) is 3.40. The van der Waals surface area contributed by atoms with E-state index >= 15 is 0 Å². The number of benzene rings is 1. The Hall–Kier alpha value is -0.860. The summed E-state index contributed by atoms with van der Waals surface area (Å²) in [4.78, 5) is 0. The Balaban J connectivity index is 1.58. The van der Waals surface area contributed by atoms with Gasteiger partial charge in [-0.25, -0.2) is 0 Å². The predicted octanol–water partition coefficient (Wildman–Crippen LogP) is 2.95. The van der Waals surface area contributed by atoms with Crippen LogP contribution in [0.15, 0.2) is 24.3 Å². The lowest BCUT2D eigenvalue weighted by molar-refractivity contribution is -0.116. The van der Waals surface area contributed by atoms with Crippen LogP contribution >= 0.6 is 0 Å². The van der Waals surface area contributed by atoms with E-state index in [0.717, 1.165) is 13.0 Å². The van der Waals surface area contributed by atoms with Crippen molar-refractivity contribution in [2.24, 2.45) is 5.41 Å². The first-order valence-corrected chi connectivity index (χ1v) is 7.55. The lowest BCUT2D eigenvalue weighted by Crippen LogP contribution is -2.62. The quantitative estimate of drug-likeness (QED) is 0.897. The van der Waals surface area contributed by atoms with E-state index in [9.17, 15) is 0 Å². The Labute approximate surface area is 116 Å². The summed E-state index contributed by atoms with van der Waals surface area (Å²) < 4.78 is 5.81. The van der Waals surface area contributed by atoms with Crippen molar-refractivity contribution in [1.29, 1.82) is 0 Å². The number of hydrogen-bond acceptors (Lipinski definition) is 2. The van der Waals surface area contributed by atoms with Crippen molar-refractivity contribution in [2.45, 2.75) is 58.2 Å². The van der Waals surface area contributed by atoms with Crippen LogP contribution in [0.3, 0.4) is 0 Å². The standard InChI is InChI=1S/C17H25NO/c1-4-19-16-11-15(17(16,2)3)18-14-9-12-7-5-6-8-13(12)10-14/h5-8,14-16,18H,4,9-11H2,1-3H3. The Morgan fingerprint density at radius 1 is 1.21 bits per heavy atom. The van der Waals surface area contributed by atoms with Gasteiger partial charge in [-0.3, -0.25) is 0 Å². The van der Waals surface area contributed by atoms with Gasteiger partial charge in [-0.15, -0.1) is 0 Å². The van der Waals surface area contributed by atoms with Crippen molar-refractivity contribution in [3.05, 3.63) is 35.4 Å². The second-order valence-electron chi connectivity index (χ2n) is 6.59. The minimum absolute atomic E-state index is 0.269. The minimum atomic E-state index is 0.269. The maximum atomic E-state index is 5.81. The van der Waals surface area contributed by atoms with Gasteiger partial charge in [0.1, 0.15) is 0 Å². The molecule has 2 aliphatic carbocycles. The molecule has 1 aromatic carbocycles. The summed E-state index contributed by atoms with van der Waals surface area (Å²) in [5, 5.41) is 3.86. The largest absolute Gasteiger partial charge is 0.378 e. The zero-order valence-corrected chi connectivity index (χ0v) is 12.3. The molecule has 2 nitrogen and oxygen atoms in total. The molecule has 1 saturated carbocycles. The zero-order chi connectivity index (χ0) is 13.5. The van der Waals surface area contributed by atoms with Crippen LogP contribution in [-0.2, 0) is 17.6 Å². The average molecular weight is 259 g/mol. The van der Waals surface area contributed by atoms with Crippen molar-refractivity contribution in [3.63, 3.8) is 0 Å². The number of rotatable bonds is 4. The molecule has 19 heavy (non-hydrogen) atoms. The van der Waals surface area contributed by atoms with Gasteiger partial charge in [0.15, 0.2) is 0 Å². The molecule has 0 spiro atoms. The van der Waals surface area contributed by atoms with Crippen molar-refractivity contribution in [3.8, 4) is 0 Å². The molecule has 0 amide bonds. The van der Waals surface area contributed by atoms with Gasteiger partial charge in [-0.1, -0.05) is 38.1 Å². The average Bonchev–Trinajstić information content (AvgIpc) is 2.80. The van der Waals surface area contributed by atoms with Crippen LogP contribution in [0.2, 0.25) is 0 Å². The fourth-order valence-electron chi connectivity index (χ4n) is 3.61. The molecular formula is C17H25NO. The summed E-state index contributed by atoms with van der Waals surface area (Å²) >= 11 is 0. The second kappa shape index (κ2) is 4.92. The Morgan fingerprint density at radius 3 is 2.37 bits per heavy atom. The van der Waals surface area contributed by atoms with Gasteiger partial charge >= 0.3 is 0 Å². The molecule has 2 atom stereocenters. The Morgan fingerprint density at radius 2 is 1.84 bits per heavy atom. The summed E-state index contributed by atoms with van der Waals surface area (Å²) in [6.45, 7) is 7.58. The number of ether oxygens (including phenoxy) is 1. The van der Waals surface area contributed by atoms with E-state index in [2.05, 4.69) is 50.4 Å². The molecular weight excluding hydrogens is 234 g/mol. The smallest absolute Gasteiger partial charge is 0.0655 e. The van der Waals surface area contributed by atoms with Crippen LogP contribution in [0.25, 0.3) is 0 Å². The van der Waals surface area contributed by atoms with Crippen LogP contribution in [0.1, 0.15) is 38.3 Å². The van der Waals surface area contributed by atoms with Crippen molar-refractivity contribution in [2.75, 3.05) is 6.61 Å². The van der Waals surface area contributed by atoms with Gasteiger partial charge < -0.3 is 10.1 Å². The first-order valence-electron chi connectivity index (χ1n) is 7.55. The van der Waals surface area contributed by atoms with E-state index in [1.165, 1.54) is 24.0 Å². The van der Waals surface area contributed by atoms with Gasteiger partial charge in [0.2, 0.25) is 0 Å². The van der Waals surface area contributed by atoms with E-state index in [1.54, 1.807) is 0 Å². The third-order valence-corrected chi connectivity index (χ3v) is 5.03. The molecule has 0 radical (unpaired) electrons. The molecule has 3 rings (SSSR count). The molecule has 0 aromatic heterocycles. The van der Waals surface area contributed by atoms with Gasteiger partial charge in [-0.2, -0.15) is 0 Å². The molecule has 2 aliphatic rings. The number of fused-ring (bicyclic) bond motifs is 1. The summed E-state index contributed by atoms with van der Waals surface area (Å²) in [6, 6.07) is 10.1. The maximum absolute atomic E-state index is 5.81. The normalized spacial score (nSPS) is 29.0. The topological polar surface area (TPSA) is 21.3 Å². The molecule has 1 aromatic rings. The van der Waals surface area contributed by atoms with Crippen LogP contribution in [0.4, 0.5) is 0 Å². The van der Waals surface area contributed by atoms with E-state index in [-0.39, 0.29) is 5.41 Å². The van der Waals surface area contributed by atoms with Gasteiger partial charge in [0.05, 0.1) is 6.10 Å². The molecule has 2 heteroatoms. The fraction of sp³-hybridized carbons (Fsp3) is 0.647. The minimum Gasteiger partial charge on any atom is -0.378 e. The predicted molar refractivity (Wildman–Crippen MR) is 78.4 cm³/mol. The number of hydrogen-bond donors (Lipinski definition) is 1. The van der Waals surface area contributed by atoms with E-state index in [0.29, 0.717) is 18.2 Å². The highest BCUT2D eigenvalue weighted by Gasteiger charge is 2.49.